The molecule has 0 spiro atoms. The van der Waals surface area contributed by atoms with Crippen LogP contribution in [0.5, 0.6) is 5.75 Å². The molecule has 146 valence electrons. The van der Waals surface area contributed by atoms with Crippen molar-refractivity contribution in [2.45, 2.75) is 31.9 Å². The zero-order valence-corrected chi connectivity index (χ0v) is 18.3. The number of aliphatic hydroxyl groups excluding tert-OH is 1. The number of nitrogens with zero attached hydrogens (tertiary/aromatic N) is 2. The quantitative estimate of drug-likeness (QED) is 0.390. The van der Waals surface area contributed by atoms with Crippen molar-refractivity contribution >= 4 is 10.9 Å². The highest BCUT2D eigenvalue weighted by molar-refractivity contribution is 5.83. The van der Waals surface area contributed by atoms with Crippen LogP contribution in [0, 0.1) is 11.8 Å². The van der Waals surface area contributed by atoms with Crippen molar-refractivity contribution < 1.29 is 38.3 Å². The Morgan fingerprint density at radius 2 is 2.22 bits per heavy atom. The molecule has 5 atom stereocenters. The molecule has 1 aromatic carbocycles. The van der Waals surface area contributed by atoms with Gasteiger partial charge in [-0.25, -0.2) is 0 Å². The first kappa shape index (κ1) is 20.6. The smallest absolute Gasteiger partial charge is 0.131 e. The van der Waals surface area contributed by atoms with E-state index in [1.165, 1.54) is 13.0 Å². The molecule has 5 unspecified atom stereocenters. The monoisotopic (exact) mass is 480 g/mol. The van der Waals surface area contributed by atoms with E-state index in [9.17, 15) is 5.11 Å². The Kier molecular flexibility index (Phi) is 6.13. The summed E-state index contributed by atoms with van der Waals surface area (Å²) in [5, 5.41) is 12.5. The number of fused-ring (bicyclic) bond motifs is 4. The molecule has 1 aromatic heterocycles. The van der Waals surface area contributed by atoms with Gasteiger partial charge in [0.05, 0.1) is 32.3 Å². The Bertz CT molecular complexity index is 827. The number of ether oxygens (including phenoxy) is 1. The van der Waals surface area contributed by atoms with Crippen molar-refractivity contribution in [2.24, 2.45) is 11.8 Å². The van der Waals surface area contributed by atoms with Gasteiger partial charge in [-0.2, -0.15) is 0 Å². The number of pyridine rings is 1. The maximum Gasteiger partial charge on any atom is 0.131 e. The Morgan fingerprint density at radius 3 is 2.93 bits per heavy atom. The third kappa shape index (κ3) is 3.38. The number of aromatic nitrogens is 1. The highest BCUT2D eigenvalue weighted by atomic mass is 127. The molecule has 3 aliphatic heterocycles. The standard InChI is InChI=1S/C22H29N2O2.HI/c1-4-15-14-24(5-2)11-9-16(15)12-21(24)22(25)18-8-10-23-20-7-6-17(26-3)13-19(18)20;/h4,6-8,10,13,15-16,21-22,25H,1,5,9,11-12,14H2,2-3H3;1H/q+1;/p-1. The molecule has 2 bridgehead atoms. The number of benzene rings is 1. The topological polar surface area (TPSA) is 42.4 Å². The minimum Gasteiger partial charge on any atom is -1.00 e. The third-order valence-corrected chi connectivity index (χ3v) is 6.97. The Morgan fingerprint density at radius 1 is 1.41 bits per heavy atom. The number of piperidine rings is 3. The number of quaternary nitrogens is 1. The van der Waals surface area contributed by atoms with E-state index in [-0.39, 0.29) is 30.0 Å². The third-order valence-electron chi connectivity index (χ3n) is 6.97. The molecule has 1 N–H and O–H groups in total. The van der Waals surface area contributed by atoms with Gasteiger partial charge < -0.3 is 38.3 Å². The van der Waals surface area contributed by atoms with E-state index >= 15 is 0 Å². The lowest BCUT2D eigenvalue weighted by atomic mass is 9.71. The van der Waals surface area contributed by atoms with Gasteiger partial charge in [0.15, 0.2) is 0 Å². The highest BCUT2D eigenvalue weighted by Crippen LogP contribution is 2.46. The molecule has 3 saturated heterocycles. The first-order chi connectivity index (χ1) is 12.6. The molecule has 0 radical (unpaired) electrons. The average molecular weight is 480 g/mol. The Hall–Kier alpha value is -1.18. The van der Waals surface area contributed by atoms with E-state index < -0.39 is 6.10 Å². The van der Waals surface area contributed by atoms with Crippen LogP contribution in [0.3, 0.4) is 0 Å². The summed E-state index contributed by atoms with van der Waals surface area (Å²) in [6.45, 7) is 9.66. The van der Waals surface area contributed by atoms with E-state index in [2.05, 4.69) is 24.6 Å². The number of methoxy groups -OCH3 is 1. The highest BCUT2D eigenvalue weighted by Gasteiger charge is 2.53. The van der Waals surface area contributed by atoms with E-state index in [4.69, 9.17) is 4.74 Å². The van der Waals surface area contributed by atoms with Crippen molar-refractivity contribution in [3.8, 4) is 5.75 Å². The van der Waals surface area contributed by atoms with Crippen molar-refractivity contribution in [2.75, 3.05) is 26.7 Å². The average Bonchev–Trinajstić information content (AvgIpc) is 2.72. The zero-order valence-electron chi connectivity index (χ0n) is 16.1. The maximum absolute atomic E-state index is 11.5. The largest absolute Gasteiger partial charge is 1.00 e. The molecule has 0 saturated carbocycles. The van der Waals surface area contributed by atoms with Crippen LogP contribution >= 0.6 is 0 Å². The van der Waals surface area contributed by atoms with E-state index in [0.717, 1.165) is 46.2 Å². The van der Waals surface area contributed by atoms with Gasteiger partial charge in [-0.15, -0.1) is 6.58 Å². The lowest BCUT2D eigenvalue weighted by Crippen LogP contribution is -3.00. The maximum atomic E-state index is 11.5. The molecule has 5 rings (SSSR count). The van der Waals surface area contributed by atoms with Crippen molar-refractivity contribution in [1.82, 2.24) is 4.98 Å². The molecule has 4 heterocycles. The summed E-state index contributed by atoms with van der Waals surface area (Å²) < 4.78 is 6.40. The molecular weight excluding hydrogens is 451 g/mol. The first-order valence-corrected chi connectivity index (χ1v) is 9.71. The summed E-state index contributed by atoms with van der Waals surface area (Å²) >= 11 is 0. The summed E-state index contributed by atoms with van der Waals surface area (Å²) in [5.41, 5.74) is 1.89. The fraction of sp³-hybridized carbons (Fsp3) is 0.500. The van der Waals surface area contributed by atoms with Gasteiger partial charge in [0.2, 0.25) is 0 Å². The summed E-state index contributed by atoms with van der Waals surface area (Å²) in [7, 11) is 1.67. The van der Waals surface area contributed by atoms with Gasteiger partial charge in [-0.3, -0.25) is 4.98 Å². The second-order valence-corrected chi connectivity index (χ2v) is 7.92. The fourth-order valence-electron chi connectivity index (χ4n) is 5.38. The predicted molar refractivity (Wildman–Crippen MR) is 104 cm³/mol. The molecule has 2 aromatic rings. The number of hydrogen-bond acceptors (Lipinski definition) is 3. The Labute approximate surface area is 178 Å². The van der Waals surface area contributed by atoms with Gasteiger partial charge in [0.1, 0.15) is 17.9 Å². The minimum absolute atomic E-state index is 0. The van der Waals surface area contributed by atoms with E-state index in [1.54, 1.807) is 7.11 Å². The summed E-state index contributed by atoms with van der Waals surface area (Å²) in [6, 6.07) is 8.11. The van der Waals surface area contributed by atoms with Gasteiger partial charge in [0, 0.05) is 30.3 Å². The zero-order chi connectivity index (χ0) is 18.3. The molecule has 0 amide bonds. The van der Waals surface area contributed by atoms with Crippen LogP contribution in [0.4, 0.5) is 0 Å². The van der Waals surface area contributed by atoms with E-state index in [0.29, 0.717) is 11.8 Å². The van der Waals surface area contributed by atoms with Gasteiger partial charge in [-0.05, 0) is 42.7 Å². The molecule has 0 aliphatic carbocycles. The van der Waals surface area contributed by atoms with Gasteiger partial charge in [0.25, 0.3) is 0 Å². The SMILES string of the molecule is C=CC1C[N+]2(CC)CCC1CC2C(O)c1ccnc2ccc(OC)cc12.[I-]. The first-order valence-electron chi connectivity index (χ1n) is 9.71. The predicted octanol–water partition coefficient (Wildman–Crippen LogP) is 0.712. The molecule has 4 nitrogen and oxygen atoms in total. The molecule has 3 aliphatic rings. The molecular formula is C22H29IN2O2. The number of likely N-dealkylation sites (N-methyl/N-ethyl adjacent to an activating group) is 1. The van der Waals surface area contributed by atoms with Gasteiger partial charge >= 0.3 is 0 Å². The summed E-state index contributed by atoms with van der Waals surface area (Å²) in [5.74, 6) is 2.04. The van der Waals surface area contributed by atoms with E-state index in [1.807, 2.05) is 30.5 Å². The van der Waals surface area contributed by atoms with Crippen LogP contribution in [0.1, 0.15) is 31.4 Å². The lowest BCUT2D eigenvalue weighted by molar-refractivity contribution is -0.971. The summed E-state index contributed by atoms with van der Waals surface area (Å²) in [4.78, 5) is 4.47. The number of halogens is 1. The number of aliphatic hydroxyl groups is 1. The number of rotatable bonds is 5. The van der Waals surface area contributed by atoms with Crippen LogP contribution in [0.15, 0.2) is 43.1 Å². The van der Waals surface area contributed by atoms with Crippen LogP contribution in [-0.2, 0) is 0 Å². The second kappa shape index (κ2) is 8.05. The van der Waals surface area contributed by atoms with Crippen LogP contribution in [0.25, 0.3) is 10.9 Å². The minimum atomic E-state index is -0.485. The Balaban J connectivity index is 0.00000210. The van der Waals surface area contributed by atoms with Crippen LogP contribution in [0.2, 0.25) is 0 Å². The summed E-state index contributed by atoms with van der Waals surface area (Å²) in [6.07, 6.45) is 5.79. The molecule has 27 heavy (non-hydrogen) atoms. The second-order valence-electron chi connectivity index (χ2n) is 7.92. The van der Waals surface area contributed by atoms with Crippen molar-refractivity contribution in [3.05, 3.63) is 48.7 Å². The number of hydrogen-bond donors (Lipinski definition) is 1. The van der Waals surface area contributed by atoms with Crippen molar-refractivity contribution in [1.29, 1.82) is 0 Å². The van der Waals surface area contributed by atoms with Crippen molar-refractivity contribution in [3.63, 3.8) is 0 Å². The molecule has 5 heteroatoms. The fourth-order valence-corrected chi connectivity index (χ4v) is 5.38. The van der Waals surface area contributed by atoms with Crippen LogP contribution in [-0.4, -0.2) is 47.4 Å². The normalized spacial score (nSPS) is 30.6. The van der Waals surface area contributed by atoms with Gasteiger partial charge in [-0.1, -0.05) is 6.08 Å². The van der Waals surface area contributed by atoms with Crippen LogP contribution < -0.4 is 28.7 Å². The lowest BCUT2D eigenvalue weighted by Gasteiger charge is -2.57. The molecule has 3 fully saturated rings.